The van der Waals surface area contributed by atoms with Crippen LogP contribution in [-0.2, 0) is 9.59 Å². The Balaban J connectivity index is -0.000000245. The summed E-state index contributed by atoms with van der Waals surface area (Å²) in [5.74, 6) is -0.993. The van der Waals surface area contributed by atoms with Crippen LogP contribution in [0.5, 0.6) is 0 Å². The first-order chi connectivity index (χ1) is 3.63. The van der Waals surface area contributed by atoms with Crippen molar-refractivity contribution in [1.82, 2.24) is 0 Å². The van der Waals surface area contributed by atoms with Gasteiger partial charge in [-0.3, -0.25) is 9.59 Å². The summed E-state index contributed by atoms with van der Waals surface area (Å²) in [6.45, 7) is 0. The van der Waals surface area contributed by atoms with E-state index in [2.05, 4.69) is 0 Å². The highest BCUT2D eigenvalue weighted by Crippen LogP contribution is 1.82. The van der Waals surface area contributed by atoms with Crippen LogP contribution in [0.3, 0.4) is 0 Å². The molecule has 0 aromatic heterocycles. The summed E-state index contributed by atoms with van der Waals surface area (Å²) in [6.07, 6.45) is 0.102. The molecule has 0 aliphatic heterocycles. The number of nitrogens with two attached hydrogens (primary N) is 2. The fraction of sp³-hybridized carbons (Fsp3) is 0.500. The van der Waals surface area contributed by atoms with Crippen LogP contribution in [0.4, 0.5) is 0 Å². The van der Waals surface area contributed by atoms with Gasteiger partial charge in [0.25, 0.3) is 0 Å². The maximum Gasteiger partial charge on any atom is 0.217 e. The van der Waals surface area contributed by atoms with E-state index in [4.69, 9.17) is 11.5 Å². The Bertz CT molecular complexity index is 99.8. The molecule has 0 aliphatic rings. The number of hydrogen-bond donors (Lipinski definition) is 2. The topological polar surface area (TPSA) is 149 Å². The third kappa shape index (κ3) is 15.8. The molecule has 0 rings (SSSR count). The summed E-state index contributed by atoms with van der Waals surface area (Å²) in [5.41, 5.74) is 9.39. The van der Waals surface area contributed by atoms with Gasteiger partial charge in [-0.2, -0.15) is 0 Å². The van der Waals surface area contributed by atoms with Crippen molar-refractivity contribution in [2.45, 2.75) is 12.8 Å². The molecule has 6 heteroatoms. The van der Waals surface area contributed by atoms with Gasteiger partial charge in [0.05, 0.1) is 0 Å². The quantitative estimate of drug-likeness (QED) is 0.445. The number of amides is 2. The number of primary amides is 2. The summed E-state index contributed by atoms with van der Waals surface area (Å²) in [4.78, 5) is 19.8. The van der Waals surface area contributed by atoms with E-state index in [-0.39, 0.29) is 23.8 Å². The van der Waals surface area contributed by atoms with Gasteiger partial charge < -0.3 is 22.4 Å². The van der Waals surface area contributed by atoms with Crippen molar-refractivity contribution >= 4 is 11.8 Å². The molecule has 0 bridgehead atoms. The summed E-state index contributed by atoms with van der Waals surface area (Å²) in [7, 11) is 0. The Hall–Kier alpha value is -1.14. The zero-order valence-electron chi connectivity index (χ0n) is 5.39. The van der Waals surface area contributed by atoms with Crippen molar-refractivity contribution in [3.63, 3.8) is 0 Å². The molecule has 62 valence electrons. The van der Waals surface area contributed by atoms with Crippen LogP contribution in [-0.4, -0.2) is 22.8 Å². The highest BCUT2D eigenvalue weighted by atomic mass is 16.2. The predicted octanol–water partition coefficient (Wildman–Crippen LogP) is -2.91. The van der Waals surface area contributed by atoms with E-state index in [0.29, 0.717) is 0 Å². The third-order valence-corrected chi connectivity index (χ3v) is 0.618. The van der Waals surface area contributed by atoms with Gasteiger partial charge in [0, 0.05) is 12.8 Å². The molecule has 0 aromatic rings. The molecule has 0 fully saturated rings. The smallest absolute Gasteiger partial charge is 0.217 e. The lowest BCUT2D eigenvalue weighted by Gasteiger charge is -1.87. The highest BCUT2D eigenvalue weighted by Gasteiger charge is 1.96. The number of hydrogen-bond acceptors (Lipinski definition) is 2. The van der Waals surface area contributed by atoms with Crippen molar-refractivity contribution in [2.24, 2.45) is 11.5 Å². The van der Waals surface area contributed by atoms with Gasteiger partial charge in [0.1, 0.15) is 0 Å². The Morgan fingerprint density at radius 2 is 1.10 bits per heavy atom. The van der Waals surface area contributed by atoms with Crippen LogP contribution < -0.4 is 11.5 Å². The Labute approximate surface area is 57.8 Å². The molecule has 10 heavy (non-hydrogen) atoms. The Morgan fingerprint density at radius 1 is 0.900 bits per heavy atom. The minimum absolute atomic E-state index is 0. The molecular weight excluding hydrogens is 140 g/mol. The minimum Gasteiger partial charge on any atom is -0.412 e. The van der Waals surface area contributed by atoms with E-state index in [0.717, 1.165) is 0 Å². The highest BCUT2D eigenvalue weighted by molar-refractivity contribution is 5.81. The maximum absolute atomic E-state index is 9.92. The van der Waals surface area contributed by atoms with Gasteiger partial charge >= 0.3 is 0 Å². The molecule has 0 unspecified atom stereocenters. The molecule has 0 spiro atoms. The number of carbonyl (C=O) groups is 2. The van der Waals surface area contributed by atoms with E-state index in [1.807, 2.05) is 0 Å². The van der Waals surface area contributed by atoms with E-state index in [9.17, 15) is 9.59 Å². The largest absolute Gasteiger partial charge is 0.412 e. The van der Waals surface area contributed by atoms with Gasteiger partial charge in [0.2, 0.25) is 11.8 Å². The third-order valence-electron chi connectivity index (χ3n) is 0.618. The van der Waals surface area contributed by atoms with Crippen molar-refractivity contribution in [3.05, 3.63) is 0 Å². The van der Waals surface area contributed by atoms with Crippen molar-refractivity contribution < 1.29 is 20.5 Å². The second kappa shape index (κ2) is 7.86. The zero-order valence-corrected chi connectivity index (χ0v) is 5.39. The average Bonchev–Trinajstić information content (AvgIpc) is 1.61. The SMILES string of the molecule is NC(=O)CCC(N)=O.O.O. The van der Waals surface area contributed by atoms with Gasteiger partial charge in [-0.25, -0.2) is 0 Å². The van der Waals surface area contributed by atoms with E-state index >= 15 is 0 Å². The first kappa shape index (κ1) is 15.9. The first-order valence-electron chi connectivity index (χ1n) is 2.19. The van der Waals surface area contributed by atoms with Gasteiger partial charge in [-0.05, 0) is 0 Å². The average molecular weight is 152 g/mol. The molecule has 0 aliphatic carbocycles. The lowest BCUT2D eigenvalue weighted by molar-refractivity contribution is -0.123. The van der Waals surface area contributed by atoms with Gasteiger partial charge in [-0.15, -0.1) is 0 Å². The molecule has 0 saturated carbocycles. The fourth-order valence-electron chi connectivity index (χ4n) is 0.246. The number of carbonyl (C=O) groups excluding carboxylic acids is 2. The van der Waals surface area contributed by atoms with Crippen LogP contribution in [0, 0.1) is 0 Å². The summed E-state index contributed by atoms with van der Waals surface area (Å²) in [6, 6.07) is 0. The van der Waals surface area contributed by atoms with E-state index in [1.54, 1.807) is 0 Å². The zero-order chi connectivity index (χ0) is 6.57. The molecule has 0 radical (unpaired) electrons. The van der Waals surface area contributed by atoms with Crippen LogP contribution in [0.25, 0.3) is 0 Å². The van der Waals surface area contributed by atoms with Gasteiger partial charge in [-0.1, -0.05) is 0 Å². The van der Waals surface area contributed by atoms with Crippen molar-refractivity contribution in [2.75, 3.05) is 0 Å². The Kier molecular flexibility index (Phi) is 12.5. The molecule has 6 nitrogen and oxygen atoms in total. The second-order valence-electron chi connectivity index (χ2n) is 1.43. The predicted molar refractivity (Wildman–Crippen MR) is 34.9 cm³/mol. The first-order valence-corrected chi connectivity index (χ1v) is 2.19. The molecule has 0 saturated heterocycles. The summed E-state index contributed by atoms with van der Waals surface area (Å²) < 4.78 is 0. The molecule has 0 heterocycles. The molecule has 8 N–H and O–H groups in total. The van der Waals surface area contributed by atoms with Crippen LogP contribution in [0.2, 0.25) is 0 Å². The van der Waals surface area contributed by atoms with Crippen molar-refractivity contribution in [3.8, 4) is 0 Å². The van der Waals surface area contributed by atoms with E-state index < -0.39 is 11.8 Å². The van der Waals surface area contributed by atoms with Crippen LogP contribution in [0.15, 0.2) is 0 Å². The van der Waals surface area contributed by atoms with Crippen molar-refractivity contribution in [1.29, 1.82) is 0 Å². The van der Waals surface area contributed by atoms with Crippen LogP contribution >= 0.6 is 0 Å². The summed E-state index contributed by atoms with van der Waals surface area (Å²) >= 11 is 0. The lowest BCUT2D eigenvalue weighted by atomic mass is 10.3. The van der Waals surface area contributed by atoms with E-state index in [1.165, 1.54) is 0 Å². The van der Waals surface area contributed by atoms with Crippen LogP contribution in [0.1, 0.15) is 12.8 Å². The molecule has 0 atom stereocenters. The maximum atomic E-state index is 9.92. The number of rotatable bonds is 3. The molecular formula is C4H12N2O4. The molecule has 2 amide bonds. The fourth-order valence-corrected chi connectivity index (χ4v) is 0.246. The monoisotopic (exact) mass is 152 g/mol. The minimum atomic E-state index is -0.496. The van der Waals surface area contributed by atoms with Gasteiger partial charge in [0.15, 0.2) is 0 Å². The second-order valence-corrected chi connectivity index (χ2v) is 1.43. The molecule has 0 aromatic carbocycles. The normalized spacial score (nSPS) is 6.80. The Morgan fingerprint density at radius 3 is 1.20 bits per heavy atom. The summed E-state index contributed by atoms with van der Waals surface area (Å²) in [5, 5.41) is 0. The standard InChI is InChI=1S/C4H8N2O2.2H2O/c5-3(7)1-2-4(6)8;;/h1-2H2,(H2,5,7)(H2,6,8);2*1H2. The lowest BCUT2D eigenvalue weighted by Crippen LogP contribution is -2.16.